The number of hydrogen-bond acceptors (Lipinski definition) is 4. The molecule has 0 amide bonds. The van der Waals surface area contributed by atoms with Crippen molar-refractivity contribution in [2.24, 2.45) is 5.41 Å². The number of piperidine rings is 1. The van der Waals surface area contributed by atoms with Crippen LogP contribution in [0.1, 0.15) is 35.0 Å². The molecule has 3 aliphatic rings. The maximum Gasteiger partial charge on any atom is 0.192 e. The zero-order valence-corrected chi connectivity index (χ0v) is 20.4. The summed E-state index contributed by atoms with van der Waals surface area (Å²) in [5.74, 6) is 0.133. The van der Waals surface area contributed by atoms with E-state index < -0.39 is 19.7 Å². The van der Waals surface area contributed by atoms with Gasteiger partial charge in [0.15, 0.2) is 8.32 Å². The molecule has 1 aliphatic carbocycles. The molecule has 2 atom stereocenters. The van der Waals surface area contributed by atoms with Crippen molar-refractivity contribution in [3.05, 3.63) is 22.9 Å². The number of aliphatic hydroxyl groups excluding tert-OH is 1. The molecule has 2 unspecified atom stereocenters. The summed E-state index contributed by atoms with van der Waals surface area (Å²) in [6, 6.07) is -0.576. The molecule has 2 saturated heterocycles. The number of allylic oxidation sites excluding steroid dienone is 2. The van der Waals surface area contributed by atoms with Crippen molar-refractivity contribution < 1.29 is 10.9 Å². The van der Waals surface area contributed by atoms with Crippen LogP contribution in [0.2, 0.25) is 18.1 Å². The Balaban J connectivity index is 1.46. The second-order valence-electron chi connectivity index (χ2n) is 10.2. The van der Waals surface area contributed by atoms with Crippen LogP contribution in [-0.4, -0.2) is 73.9 Å². The number of alkyl halides is 1. The summed E-state index contributed by atoms with van der Waals surface area (Å²) in [7, 11) is -1.67. The molecule has 0 aromatic rings. The molecular formula is C21H36Cl2N2O2Si. The topological polar surface area (TPSA) is 35.9 Å². The Bertz CT molecular complexity index is 675. The summed E-state index contributed by atoms with van der Waals surface area (Å²) < 4.78 is 14.7. The van der Waals surface area contributed by atoms with Gasteiger partial charge in [-0.1, -0.05) is 32.4 Å². The Morgan fingerprint density at radius 1 is 1.29 bits per heavy atom. The Kier molecular flexibility index (Phi) is 6.24. The number of hydrogen-bond donors (Lipinski definition) is 1. The minimum atomic E-state index is -1.67. The number of aliphatic hydroxyl groups is 1. The average Bonchev–Trinajstić information content (AvgIpc) is 2.57. The lowest BCUT2D eigenvalue weighted by Gasteiger charge is -2.55. The van der Waals surface area contributed by atoms with Gasteiger partial charge in [0.1, 0.15) is 5.76 Å². The third-order valence-electron chi connectivity index (χ3n) is 7.17. The molecule has 0 aromatic carbocycles. The molecule has 1 spiro atoms. The summed E-state index contributed by atoms with van der Waals surface area (Å²) in [4.78, 5) is 4.62. The molecular weight excluding hydrogens is 411 g/mol. The summed E-state index contributed by atoms with van der Waals surface area (Å²) in [6.45, 7) is 17.1. The SMILES string of the molecule is [2H]C1(Cl)C(Cl)=CC=C(O)C1N1CCC2(CC1)CN(CCO[Si](C)(C)C(C)(C)C)C2. The highest BCUT2D eigenvalue weighted by molar-refractivity contribution is 6.74. The predicted octanol–water partition coefficient (Wildman–Crippen LogP) is 4.96. The molecule has 0 aromatic heterocycles. The zero-order chi connectivity index (χ0) is 21.7. The van der Waals surface area contributed by atoms with E-state index in [9.17, 15) is 5.11 Å². The van der Waals surface area contributed by atoms with Gasteiger partial charge in [0.2, 0.25) is 0 Å². The lowest BCUT2D eigenvalue weighted by molar-refractivity contribution is -0.0574. The van der Waals surface area contributed by atoms with Crippen molar-refractivity contribution in [1.82, 2.24) is 9.80 Å². The normalized spacial score (nSPS) is 32.5. The fourth-order valence-corrected chi connectivity index (χ4v) is 5.73. The monoisotopic (exact) mass is 447 g/mol. The third-order valence-corrected chi connectivity index (χ3v) is 12.5. The van der Waals surface area contributed by atoms with Crippen LogP contribution < -0.4 is 0 Å². The highest BCUT2D eigenvalue weighted by Gasteiger charge is 2.47. The maximum atomic E-state index is 10.3. The van der Waals surface area contributed by atoms with Gasteiger partial charge in [-0.3, -0.25) is 9.80 Å². The van der Waals surface area contributed by atoms with Crippen molar-refractivity contribution >= 4 is 31.5 Å². The number of rotatable bonds is 5. The second kappa shape index (κ2) is 8.24. The van der Waals surface area contributed by atoms with E-state index in [2.05, 4.69) is 43.7 Å². The number of nitrogens with zero attached hydrogens (tertiary/aromatic N) is 2. The highest BCUT2D eigenvalue weighted by atomic mass is 35.5. The van der Waals surface area contributed by atoms with Crippen molar-refractivity contribution in [3.8, 4) is 0 Å². The summed E-state index contributed by atoms with van der Waals surface area (Å²) >= 11 is 12.5. The Hall–Kier alpha value is -0.0431. The van der Waals surface area contributed by atoms with Crippen molar-refractivity contribution in [3.63, 3.8) is 0 Å². The van der Waals surface area contributed by atoms with E-state index in [1.807, 2.05) is 0 Å². The minimum absolute atomic E-state index is 0.133. The van der Waals surface area contributed by atoms with Crippen molar-refractivity contribution in [1.29, 1.82) is 0 Å². The van der Waals surface area contributed by atoms with Crippen LogP contribution in [-0.2, 0) is 4.43 Å². The third kappa shape index (κ3) is 4.65. The lowest BCUT2D eigenvalue weighted by atomic mass is 9.71. The van der Waals surface area contributed by atoms with E-state index in [0.29, 0.717) is 5.41 Å². The molecule has 4 nitrogen and oxygen atoms in total. The summed E-state index contributed by atoms with van der Waals surface area (Å²) in [6.07, 6.45) is 5.21. The van der Waals surface area contributed by atoms with Crippen LogP contribution >= 0.6 is 23.2 Å². The van der Waals surface area contributed by atoms with Crippen molar-refractivity contribution in [2.75, 3.05) is 39.3 Å². The van der Waals surface area contributed by atoms with E-state index in [-0.39, 0.29) is 15.8 Å². The van der Waals surface area contributed by atoms with Gasteiger partial charge in [-0.15, -0.1) is 11.6 Å². The zero-order valence-electron chi connectivity index (χ0n) is 18.9. The smallest absolute Gasteiger partial charge is 0.192 e. The van der Waals surface area contributed by atoms with Crippen LogP contribution in [0.25, 0.3) is 0 Å². The highest BCUT2D eigenvalue weighted by Crippen LogP contribution is 2.42. The minimum Gasteiger partial charge on any atom is -0.511 e. The van der Waals surface area contributed by atoms with Gasteiger partial charge in [0.05, 0.1) is 12.8 Å². The van der Waals surface area contributed by atoms with E-state index >= 15 is 0 Å². The van der Waals surface area contributed by atoms with Gasteiger partial charge in [0.25, 0.3) is 0 Å². The first kappa shape index (κ1) is 21.2. The second-order valence-corrected chi connectivity index (χ2v) is 15.8. The van der Waals surface area contributed by atoms with E-state index in [1.54, 1.807) is 6.08 Å². The molecule has 0 radical (unpaired) electrons. The summed E-state index contributed by atoms with van der Waals surface area (Å²) in [5.41, 5.74) is 0.359. The van der Waals surface area contributed by atoms with E-state index in [1.165, 1.54) is 6.08 Å². The quantitative estimate of drug-likeness (QED) is 0.476. The van der Waals surface area contributed by atoms with Crippen LogP contribution in [0.5, 0.6) is 0 Å². The molecule has 28 heavy (non-hydrogen) atoms. The van der Waals surface area contributed by atoms with Gasteiger partial charge in [-0.25, -0.2) is 0 Å². The molecule has 160 valence electrons. The Labute approximate surface area is 183 Å². The first-order chi connectivity index (χ1) is 13.3. The lowest BCUT2D eigenvalue weighted by Crippen LogP contribution is -2.62. The standard InChI is InChI=1S/C21H36Cl2N2O2Si/c1-20(2,3)28(4,5)27-13-12-24-14-21(15-24)8-10-25(11-9-21)19-17(26)7-6-16(22)18(19)23/h6-7,18-19,26H,8-15H2,1-5H3/i18D. The van der Waals surface area contributed by atoms with Gasteiger partial charge in [-0.2, -0.15) is 0 Å². The summed E-state index contributed by atoms with van der Waals surface area (Å²) in [5, 5.41) is 9.33. The Morgan fingerprint density at radius 2 is 1.89 bits per heavy atom. The van der Waals surface area contributed by atoms with E-state index in [0.717, 1.165) is 52.2 Å². The Morgan fingerprint density at radius 3 is 2.46 bits per heavy atom. The van der Waals surface area contributed by atoms with Crippen molar-refractivity contribution in [2.45, 2.75) is 63.1 Å². The fourth-order valence-electron chi connectivity index (χ4n) is 4.22. The molecule has 1 N–H and O–H groups in total. The molecule has 0 bridgehead atoms. The molecule has 2 fully saturated rings. The van der Waals surface area contributed by atoms with Crippen LogP contribution in [0.15, 0.2) is 22.9 Å². The van der Waals surface area contributed by atoms with Gasteiger partial charge < -0.3 is 9.53 Å². The maximum absolute atomic E-state index is 10.3. The first-order valence-electron chi connectivity index (χ1n) is 10.8. The van der Waals surface area contributed by atoms with Gasteiger partial charge in [0, 0.05) is 31.3 Å². The molecule has 2 aliphatic heterocycles. The van der Waals surface area contributed by atoms with Gasteiger partial charge in [-0.05, 0) is 61.6 Å². The van der Waals surface area contributed by atoms with Gasteiger partial charge >= 0.3 is 0 Å². The fraction of sp³-hybridized carbons (Fsp3) is 0.810. The molecule has 7 heteroatoms. The average molecular weight is 449 g/mol. The van der Waals surface area contributed by atoms with E-state index in [4.69, 9.17) is 29.0 Å². The first-order valence-corrected chi connectivity index (χ1v) is 14.0. The van der Waals surface area contributed by atoms with Crippen LogP contribution in [0.3, 0.4) is 0 Å². The molecule has 2 heterocycles. The van der Waals surface area contributed by atoms with Crippen LogP contribution in [0.4, 0.5) is 0 Å². The van der Waals surface area contributed by atoms with Crippen LogP contribution in [0, 0.1) is 5.41 Å². The predicted molar refractivity (Wildman–Crippen MR) is 121 cm³/mol. The molecule has 0 saturated carbocycles. The number of likely N-dealkylation sites (tertiary alicyclic amines) is 2. The molecule has 3 rings (SSSR count). The number of halogens is 2. The largest absolute Gasteiger partial charge is 0.511 e.